The largest absolute Gasteiger partial charge is 0.478 e. The van der Waals surface area contributed by atoms with Crippen LogP contribution in [0, 0.1) is 0 Å². The average Bonchev–Trinajstić information content (AvgIpc) is 3.49. The Kier molecular flexibility index (Phi) is 6.82. The Balaban J connectivity index is 1.21. The first-order chi connectivity index (χ1) is 17.9. The molecule has 0 bridgehead atoms. The second-order valence-electron chi connectivity index (χ2n) is 8.56. The van der Waals surface area contributed by atoms with Gasteiger partial charge in [0.1, 0.15) is 18.1 Å². The van der Waals surface area contributed by atoms with E-state index in [4.69, 9.17) is 4.42 Å². The first-order valence-corrected chi connectivity index (χ1v) is 12.5. The quantitative estimate of drug-likeness (QED) is 0.488. The molecule has 2 fully saturated rings. The fourth-order valence-electron chi connectivity index (χ4n) is 4.24. The van der Waals surface area contributed by atoms with Crippen LogP contribution in [-0.4, -0.2) is 70.7 Å². The number of piperazine rings is 1. The zero-order valence-corrected chi connectivity index (χ0v) is 20.5. The summed E-state index contributed by atoms with van der Waals surface area (Å²) < 4.78 is 5.76. The number of benzene rings is 2. The molecule has 3 heterocycles. The number of thioether (sulfide) groups is 1. The van der Waals surface area contributed by atoms with Crippen LogP contribution in [-0.2, 0) is 9.59 Å². The topological polar surface area (TPSA) is 111 Å². The van der Waals surface area contributed by atoms with Gasteiger partial charge in [0.25, 0.3) is 11.1 Å². The predicted octanol–water partition coefficient (Wildman–Crippen LogP) is 4.03. The molecule has 2 aliphatic rings. The van der Waals surface area contributed by atoms with Crippen LogP contribution in [0.3, 0.4) is 0 Å². The lowest BCUT2D eigenvalue weighted by atomic mass is 10.1. The predicted molar refractivity (Wildman–Crippen MR) is 139 cm³/mol. The highest BCUT2D eigenvalue weighted by atomic mass is 32.2. The van der Waals surface area contributed by atoms with Crippen LogP contribution in [0.1, 0.15) is 16.1 Å². The molecule has 2 aliphatic heterocycles. The van der Waals surface area contributed by atoms with Crippen LogP contribution < -0.4 is 4.90 Å². The van der Waals surface area contributed by atoms with E-state index < -0.39 is 17.1 Å². The highest BCUT2D eigenvalue weighted by Crippen LogP contribution is 2.33. The van der Waals surface area contributed by atoms with Gasteiger partial charge >= 0.3 is 5.97 Å². The van der Waals surface area contributed by atoms with Crippen LogP contribution in [0.4, 0.5) is 10.5 Å². The standard InChI is InChI=1S/C27H23N3O6S/c31-24(29-13-11-28(12-14-29)20-7-2-1-3-8-20)17-30-25(32)23(37-27(30)35)16-21-9-10-22(36-21)18-5-4-6-19(15-18)26(33)34/h1-10,15-16H,11-14,17H2,(H,33,34). The molecular weight excluding hydrogens is 494 g/mol. The lowest BCUT2D eigenvalue weighted by molar-refractivity contribution is -0.136. The van der Waals surface area contributed by atoms with Gasteiger partial charge in [-0.25, -0.2) is 4.79 Å². The van der Waals surface area contributed by atoms with Crippen molar-refractivity contribution in [3.63, 3.8) is 0 Å². The summed E-state index contributed by atoms with van der Waals surface area (Å²) in [6.07, 6.45) is 1.46. The van der Waals surface area contributed by atoms with E-state index in [2.05, 4.69) is 4.90 Å². The summed E-state index contributed by atoms with van der Waals surface area (Å²) in [6, 6.07) is 19.6. The lowest BCUT2D eigenvalue weighted by Crippen LogP contribution is -2.51. The Labute approximate surface area is 216 Å². The molecule has 0 aliphatic carbocycles. The van der Waals surface area contributed by atoms with Gasteiger partial charge in [0.15, 0.2) is 0 Å². The summed E-state index contributed by atoms with van der Waals surface area (Å²) in [7, 11) is 0. The minimum absolute atomic E-state index is 0.128. The van der Waals surface area contributed by atoms with Crippen LogP contribution in [0.15, 0.2) is 76.1 Å². The molecule has 37 heavy (non-hydrogen) atoms. The van der Waals surface area contributed by atoms with Crippen molar-refractivity contribution >= 4 is 46.5 Å². The minimum atomic E-state index is -1.05. The fraction of sp³-hybridized carbons (Fsp3) is 0.185. The Morgan fingerprint density at radius 2 is 1.70 bits per heavy atom. The number of carboxylic acid groups (broad SMARTS) is 1. The Morgan fingerprint density at radius 3 is 2.43 bits per heavy atom. The molecule has 0 radical (unpaired) electrons. The molecule has 0 atom stereocenters. The Hall–Kier alpha value is -4.31. The molecular formula is C27H23N3O6S. The monoisotopic (exact) mass is 517 g/mol. The molecule has 0 unspecified atom stereocenters. The van der Waals surface area contributed by atoms with E-state index in [-0.39, 0.29) is 22.9 Å². The zero-order chi connectivity index (χ0) is 25.9. The molecule has 1 aromatic heterocycles. The van der Waals surface area contributed by atoms with Crippen molar-refractivity contribution in [3.05, 3.63) is 83.0 Å². The number of hydrogen-bond donors (Lipinski definition) is 1. The number of carbonyl (C=O) groups excluding carboxylic acids is 3. The second kappa shape index (κ2) is 10.4. The van der Waals surface area contributed by atoms with Crippen LogP contribution in [0.2, 0.25) is 0 Å². The van der Waals surface area contributed by atoms with Crippen molar-refractivity contribution in [2.24, 2.45) is 0 Å². The van der Waals surface area contributed by atoms with Gasteiger partial charge in [-0.15, -0.1) is 0 Å². The third-order valence-electron chi connectivity index (χ3n) is 6.21. The molecule has 3 aromatic rings. The van der Waals surface area contributed by atoms with E-state index in [1.54, 1.807) is 29.2 Å². The van der Waals surface area contributed by atoms with Crippen LogP contribution in [0.5, 0.6) is 0 Å². The third-order valence-corrected chi connectivity index (χ3v) is 7.12. The maximum atomic E-state index is 12.9. The van der Waals surface area contributed by atoms with Crippen molar-refractivity contribution in [2.75, 3.05) is 37.6 Å². The number of carboxylic acids is 1. The smallest absolute Gasteiger partial charge is 0.335 e. The van der Waals surface area contributed by atoms with E-state index in [0.717, 1.165) is 22.3 Å². The fourth-order valence-corrected chi connectivity index (χ4v) is 5.06. The SMILES string of the molecule is O=C(O)c1cccc(-c2ccc(C=C3SC(=O)N(CC(=O)N4CCN(c5ccccc5)CC4)C3=O)o2)c1. The molecule has 0 spiro atoms. The van der Waals surface area contributed by atoms with Gasteiger partial charge in [0.05, 0.1) is 10.5 Å². The van der Waals surface area contributed by atoms with E-state index in [1.165, 1.54) is 18.2 Å². The van der Waals surface area contributed by atoms with Gasteiger partial charge in [-0.1, -0.05) is 30.3 Å². The summed E-state index contributed by atoms with van der Waals surface area (Å²) in [4.78, 5) is 54.5. The van der Waals surface area contributed by atoms with Gasteiger partial charge in [-0.3, -0.25) is 19.3 Å². The van der Waals surface area contributed by atoms with Crippen molar-refractivity contribution in [3.8, 4) is 11.3 Å². The van der Waals surface area contributed by atoms with Gasteiger partial charge < -0.3 is 19.3 Å². The highest BCUT2D eigenvalue weighted by Gasteiger charge is 2.37. The maximum Gasteiger partial charge on any atom is 0.335 e. The summed E-state index contributed by atoms with van der Waals surface area (Å²) >= 11 is 0.756. The summed E-state index contributed by atoms with van der Waals surface area (Å²) in [5.41, 5.74) is 1.80. The maximum absolute atomic E-state index is 12.9. The number of hydrogen-bond acceptors (Lipinski definition) is 7. The number of aromatic carboxylic acids is 1. The Bertz CT molecular complexity index is 1390. The van der Waals surface area contributed by atoms with Crippen LogP contribution in [0.25, 0.3) is 17.4 Å². The van der Waals surface area contributed by atoms with E-state index >= 15 is 0 Å². The number of para-hydroxylation sites is 1. The summed E-state index contributed by atoms with van der Waals surface area (Å²) in [5, 5.41) is 8.68. The number of imide groups is 1. The number of rotatable bonds is 6. The first kappa shape index (κ1) is 24.4. The Morgan fingerprint density at radius 1 is 0.946 bits per heavy atom. The van der Waals surface area contributed by atoms with E-state index in [9.17, 15) is 24.3 Å². The van der Waals surface area contributed by atoms with E-state index in [1.807, 2.05) is 30.3 Å². The molecule has 9 nitrogen and oxygen atoms in total. The zero-order valence-electron chi connectivity index (χ0n) is 19.7. The van der Waals surface area contributed by atoms with Crippen molar-refractivity contribution in [2.45, 2.75) is 0 Å². The lowest BCUT2D eigenvalue weighted by Gasteiger charge is -2.36. The first-order valence-electron chi connectivity index (χ1n) is 11.7. The minimum Gasteiger partial charge on any atom is -0.478 e. The van der Waals surface area contributed by atoms with Crippen molar-refractivity contribution in [1.29, 1.82) is 0 Å². The van der Waals surface area contributed by atoms with Gasteiger partial charge in [-0.2, -0.15) is 0 Å². The molecule has 3 amide bonds. The average molecular weight is 518 g/mol. The number of nitrogens with zero attached hydrogens (tertiary/aromatic N) is 3. The highest BCUT2D eigenvalue weighted by molar-refractivity contribution is 8.18. The number of carbonyl (C=O) groups is 4. The van der Waals surface area contributed by atoms with Gasteiger partial charge in [0, 0.05) is 43.5 Å². The molecule has 10 heteroatoms. The van der Waals surface area contributed by atoms with E-state index in [0.29, 0.717) is 43.3 Å². The molecule has 2 aromatic carbocycles. The number of amides is 3. The third kappa shape index (κ3) is 5.29. The molecule has 0 saturated carbocycles. The summed E-state index contributed by atoms with van der Waals surface area (Å²) in [6.45, 7) is 2.07. The molecule has 188 valence electrons. The van der Waals surface area contributed by atoms with Crippen molar-refractivity contribution in [1.82, 2.24) is 9.80 Å². The number of anilines is 1. The van der Waals surface area contributed by atoms with Crippen LogP contribution >= 0.6 is 11.8 Å². The molecule has 2 saturated heterocycles. The normalized spacial score (nSPS) is 17.1. The van der Waals surface area contributed by atoms with Gasteiger partial charge in [-0.05, 0) is 48.2 Å². The van der Waals surface area contributed by atoms with Gasteiger partial charge in [0.2, 0.25) is 5.91 Å². The van der Waals surface area contributed by atoms with Crippen molar-refractivity contribution < 1.29 is 28.7 Å². The summed E-state index contributed by atoms with van der Waals surface area (Å²) in [5.74, 6) is -1.09. The molecule has 1 N–H and O–H groups in total. The molecule has 5 rings (SSSR count). The second-order valence-corrected chi connectivity index (χ2v) is 9.55. The number of furan rings is 1.